The van der Waals surface area contributed by atoms with E-state index >= 15 is 0 Å². The fourth-order valence-corrected chi connectivity index (χ4v) is 4.25. The second-order valence-corrected chi connectivity index (χ2v) is 7.10. The Hall–Kier alpha value is -1.39. The zero-order valence-corrected chi connectivity index (χ0v) is 13.1. The monoisotopic (exact) mass is 300 g/mol. The molecule has 1 fully saturated rings. The summed E-state index contributed by atoms with van der Waals surface area (Å²) in [6, 6.07) is 8.37. The minimum Gasteiger partial charge on any atom is -0.493 e. The molecule has 1 aliphatic carbocycles. The highest BCUT2D eigenvalue weighted by Crippen LogP contribution is 2.44. The van der Waals surface area contributed by atoms with E-state index < -0.39 is 0 Å². The fourth-order valence-electron chi connectivity index (χ4n) is 3.01. The molecule has 1 saturated carbocycles. The Morgan fingerprint density at radius 2 is 2.14 bits per heavy atom. The van der Waals surface area contributed by atoms with Crippen molar-refractivity contribution in [2.45, 2.75) is 37.6 Å². The molecule has 0 radical (unpaired) electrons. The van der Waals surface area contributed by atoms with Crippen molar-refractivity contribution in [2.75, 3.05) is 13.7 Å². The van der Waals surface area contributed by atoms with Gasteiger partial charge in [0.1, 0.15) is 5.75 Å². The minimum atomic E-state index is 0.410. The van der Waals surface area contributed by atoms with Crippen molar-refractivity contribution >= 4 is 11.3 Å². The van der Waals surface area contributed by atoms with Crippen LogP contribution in [0.15, 0.2) is 24.3 Å². The van der Waals surface area contributed by atoms with Crippen LogP contribution in [0.25, 0.3) is 0 Å². The summed E-state index contributed by atoms with van der Waals surface area (Å²) < 4.78 is 5.93. The van der Waals surface area contributed by atoms with Gasteiger partial charge < -0.3 is 10.1 Å². The van der Waals surface area contributed by atoms with Crippen LogP contribution in [0.3, 0.4) is 0 Å². The van der Waals surface area contributed by atoms with Crippen LogP contribution in [-0.4, -0.2) is 18.6 Å². The van der Waals surface area contributed by atoms with Gasteiger partial charge in [0.05, 0.1) is 17.3 Å². The first-order chi connectivity index (χ1) is 10.3. The van der Waals surface area contributed by atoms with Gasteiger partial charge in [0, 0.05) is 23.3 Å². The molecule has 0 spiro atoms. The van der Waals surface area contributed by atoms with Crippen molar-refractivity contribution < 1.29 is 4.74 Å². The number of hydrogen-bond acceptors (Lipinski definition) is 4. The van der Waals surface area contributed by atoms with E-state index in [2.05, 4.69) is 23.5 Å². The molecule has 1 atom stereocenters. The maximum absolute atomic E-state index is 5.93. The fraction of sp³-hybridized carbons (Fsp3) is 0.471. The van der Waals surface area contributed by atoms with E-state index in [-0.39, 0.29) is 0 Å². The number of rotatable bonds is 4. The summed E-state index contributed by atoms with van der Waals surface area (Å²) in [5.41, 5.74) is 2.66. The Kier molecular flexibility index (Phi) is 3.43. The van der Waals surface area contributed by atoms with Gasteiger partial charge in [-0.05, 0) is 37.9 Å². The number of benzene rings is 1. The highest BCUT2D eigenvalue weighted by molar-refractivity contribution is 7.11. The average Bonchev–Trinajstić information content (AvgIpc) is 3.28. The van der Waals surface area contributed by atoms with Crippen LogP contribution in [-0.2, 0) is 13.0 Å². The van der Waals surface area contributed by atoms with Gasteiger partial charge in [-0.1, -0.05) is 18.2 Å². The van der Waals surface area contributed by atoms with Crippen molar-refractivity contribution in [3.8, 4) is 5.75 Å². The van der Waals surface area contributed by atoms with Crippen molar-refractivity contribution in [1.29, 1.82) is 0 Å². The highest BCUT2D eigenvalue weighted by atomic mass is 32.1. The molecule has 110 valence electrons. The molecule has 2 heterocycles. The Bertz CT molecular complexity index is 648. The lowest BCUT2D eigenvalue weighted by Crippen LogP contribution is -2.19. The Morgan fingerprint density at radius 3 is 2.95 bits per heavy atom. The van der Waals surface area contributed by atoms with E-state index in [0.29, 0.717) is 5.92 Å². The number of hydrogen-bond donors (Lipinski definition) is 1. The zero-order chi connectivity index (χ0) is 14.2. The molecule has 0 saturated heterocycles. The third-order valence-corrected chi connectivity index (χ3v) is 5.51. The highest BCUT2D eigenvalue weighted by Gasteiger charge is 2.32. The van der Waals surface area contributed by atoms with Crippen LogP contribution >= 0.6 is 11.3 Å². The lowest BCUT2D eigenvalue weighted by atomic mass is 9.97. The molecule has 1 aliphatic heterocycles. The second kappa shape index (κ2) is 5.43. The predicted octanol–water partition coefficient (Wildman–Crippen LogP) is 3.46. The Morgan fingerprint density at radius 1 is 1.29 bits per heavy atom. The van der Waals surface area contributed by atoms with Crippen LogP contribution in [0.5, 0.6) is 5.75 Å². The summed E-state index contributed by atoms with van der Waals surface area (Å²) >= 11 is 1.88. The zero-order valence-electron chi connectivity index (χ0n) is 12.3. The quantitative estimate of drug-likeness (QED) is 0.939. The van der Waals surface area contributed by atoms with Gasteiger partial charge in [-0.2, -0.15) is 0 Å². The van der Waals surface area contributed by atoms with Crippen LogP contribution < -0.4 is 10.1 Å². The van der Waals surface area contributed by atoms with Crippen LogP contribution in [0.2, 0.25) is 0 Å². The SMILES string of the molecule is CNCc1sc(C2COc3ccccc3C2)nc1C1CC1. The first-order valence-electron chi connectivity index (χ1n) is 7.70. The van der Waals surface area contributed by atoms with E-state index in [1.54, 1.807) is 0 Å². The summed E-state index contributed by atoms with van der Waals surface area (Å²) in [4.78, 5) is 6.41. The molecular formula is C17H20N2OS. The van der Waals surface area contributed by atoms with Crippen LogP contribution in [0.1, 0.15) is 45.8 Å². The van der Waals surface area contributed by atoms with Gasteiger partial charge >= 0.3 is 0 Å². The Balaban J connectivity index is 1.61. The molecule has 1 unspecified atom stereocenters. The average molecular weight is 300 g/mol. The number of nitrogens with zero attached hydrogens (tertiary/aromatic N) is 1. The number of fused-ring (bicyclic) bond motifs is 1. The van der Waals surface area contributed by atoms with Crippen LogP contribution in [0, 0.1) is 0 Å². The third-order valence-electron chi connectivity index (χ3n) is 4.27. The minimum absolute atomic E-state index is 0.410. The van der Waals surface area contributed by atoms with Crippen LogP contribution in [0.4, 0.5) is 0 Å². The summed E-state index contributed by atoms with van der Waals surface area (Å²) in [6.07, 6.45) is 3.67. The molecule has 2 aromatic rings. The number of aromatic nitrogens is 1. The maximum atomic E-state index is 5.93. The van der Waals surface area contributed by atoms with E-state index in [0.717, 1.165) is 31.2 Å². The molecule has 4 heteroatoms. The van der Waals surface area contributed by atoms with E-state index in [1.165, 1.54) is 34.0 Å². The molecule has 4 rings (SSSR count). The van der Waals surface area contributed by atoms with Gasteiger partial charge in [0.15, 0.2) is 0 Å². The van der Waals surface area contributed by atoms with Crippen molar-refractivity contribution in [1.82, 2.24) is 10.3 Å². The van der Waals surface area contributed by atoms with Gasteiger partial charge in [-0.25, -0.2) is 4.98 Å². The second-order valence-electron chi connectivity index (χ2n) is 5.98. The maximum Gasteiger partial charge on any atom is 0.122 e. The summed E-state index contributed by atoms with van der Waals surface area (Å²) in [5.74, 6) is 2.17. The van der Waals surface area contributed by atoms with Gasteiger partial charge in [-0.3, -0.25) is 0 Å². The smallest absolute Gasteiger partial charge is 0.122 e. The first-order valence-corrected chi connectivity index (χ1v) is 8.51. The first kappa shape index (κ1) is 13.3. The molecule has 3 nitrogen and oxygen atoms in total. The molecule has 1 N–H and O–H groups in total. The van der Waals surface area contributed by atoms with E-state index in [4.69, 9.17) is 9.72 Å². The molecule has 0 bridgehead atoms. The van der Waals surface area contributed by atoms with Gasteiger partial charge in [0.2, 0.25) is 0 Å². The van der Waals surface area contributed by atoms with Crippen molar-refractivity contribution in [2.24, 2.45) is 0 Å². The summed E-state index contributed by atoms with van der Waals surface area (Å²) in [6.45, 7) is 1.70. The van der Waals surface area contributed by atoms with E-state index in [9.17, 15) is 0 Å². The summed E-state index contributed by atoms with van der Waals surface area (Å²) in [7, 11) is 2.01. The topological polar surface area (TPSA) is 34.1 Å². The van der Waals surface area contributed by atoms with Gasteiger partial charge in [-0.15, -0.1) is 11.3 Å². The molecule has 1 aromatic carbocycles. The number of nitrogens with one attached hydrogen (secondary N) is 1. The molecule has 2 aliphatic rings. The molecular weight excluding hydrogens is 280 g/mol. The number of ether oxygens (including phenoxy) is 1. The van der Waals surface area contributed by atoms with Crippen molar-refractivity contribution in [3.63, 3.8) is 0 Å². The largest absolute Gasteiger partial charge is 0.493 e. The van der Waals surface area contributed by atoms with Crippen molar-refractivity contribution in [3.05, 3.63) is 45.4 Å². The Labute approximate surface area is 129 Å². The molecule has 1 aromatic heterocycles. The predicted molar refractivity (Wildman–Crippen MR) is 85.2 cm³/mol. The normalized spacial score (nSPS) is 20.9. The standard InChI is InChI=1S/C17H20N2OS/c1-18-9-15-16(11-6-7-11)19-17(21-15)13-8-12-4-2-3-5-14(12)20-10-13/h2-5,11,13,18H,6-10H2,1H3. The molecule has 21 heavy (non-hydrogen) atoms. The number of thiazole rings is 1. The molecule has 0 amide bonds. The van der Waals surface area contributed by atoms with E-state index in [1.807, 2.05) is 24.5 Å². The number of para-hydroxylation sites is 1. The third kappa shape index (κ3) is 2.58. The lowest BCUT2D eigenvalue weighted by Gasteiger charge is -2.23. The lowest BCUT2D eigenvalue weighted by molar-refractivity contribution is 0.262. The summed E-state index contributed by atoms with van der Waals surface area (Å²) in [5, 5.41) is 4.54. The van der Waals surface area contributed by atoms with Gasteiger partial charge in [0.25, 0.3) is 0 Å².